The Balaban J connectivity index is 1.02. The Morgan fingerprint density at radius 3 is 1.91 bits per heavy atom. The SMILES string of the molecule is CC1(C)c2ccc(-c3ccc(-c4ccccc4)cc3)cc2-c2ccc(N(c3ccc(C4CC5CCC4C5)cc3)c3cccc(C4CCCCC4)c3)cc21. The normalized spacial score (nSPS) is 21.4. The van der Waals surface area contributed by atoms with E-state index in [0.717, 1.165) is 17.8 Å². The van der Waals surface area contributed by atoms with Gasteiger partial charge >= 0.3 is 0 Å². The molecule has 0 spiro atoms. The molecule has 0 aromatic heterocycles. The molecule has 0 N–H and O–H groups in total. The molecule has 264 valence electrons. The van der Waals surface area contributed by atoms with Gasteiger partial charge in [-0.15, -0.1) is 0 Å². The zero-order chi connectivity index (χ0) is 35.5. The molecule has 3 saturated carbocycles. The van der Waals surface area contributed by atoms with Gasteiger partial charge in [0.05, 0.1) is 0 Å². The van der Waals surface area contributed by atoms with Crippen LogP contribution in [0.4, 0.5) is 17.1 Å². The monoisotopic (exact) mass is 689 g/mol. The van der Waals surface area contributed by atoms with Gasteiger partial charge in [-0.05, 0) is 154 Å². The molecule has 4 aliphatic carbocycles. The minimum atomic E-state index is -0.0996. The zero-order valence-electron chi connectivity index (χ0n) is 31.4. The van der Waals surface area contributed by atoms with Crippen molar-refractivity contribution in [2.24, 2.45) is 11.8 Å². The van der Waals surface area contributed by atoms with E-state index in [-0.39, 0.29) is 5.41 Å². The number of hydrogen-bond donors (Lipinski definition) is 0. The first-order chi connectivity index (χ1) is 26.0. The topological polar surface area (TPSA) is 3.24 Å². The van der Waals surface area contributed by atoms with E-state index in [4.69, 9.17) is 0 Å². The van der Waals surface area contributed by atoms with Crippen molar-refractivity contribution < 1.29 is 0 Å². The number of hydrogen-bond acceptors (Lipinski definition) is 1. The standard InChI is InChI=1S/C52H51N/c1-52(2)50-29-24-42(39-20-18-38(19-21-39)36-10-5-3-6-11-36)33-49(50)47-28-27-46(34-51(47)52)53(45-15-9-14-41(32-45)37-12-7-4-8-13-37)44-25-22-40(23-26-44)48-31-35-16-17-43(48)30-35/h3,5-6,9-11,14-15,18-29,32-35,37,43,48H,4,7-8,12-13,16-17,30-31H2,1-2H3. The van der Waals surface area contributed by atoms with Gasteiger partial charge in [-0.1, -0.05) is 137 Å². The Labute approximate surface area is 316 Å². The molecule has 4 aliphatic rings. The first-order valence-corrected chi connectivity index (χ1v) is 20.4. The van der Waals surface area contributed by atoms with Gasteiger partial charge in [0.1, 0.15) is 0 Å². The minimum absolute atomic E-state index is 0.0996. The summed E-state index contributed by atoms with van der Waals surface area (Å²) in [5.41, 5.74) is 17.3. The van der Waals surface area contributed by atoms with Crippen molar-refractivity contribution in [3.05, 3.63) is 162 Å². The zero-order valence-corrected chi connectivity index (χ0v) is 31.4. The summed E-state index contributed by atoms with van der Waals surface area (Å²) < 4.78 is 0. The lowest BCUT2D eigenvalue weighted by Gasteiger charge is -2.30. The summed E-state index contributed by atoms with van der Waals surface area (Å²) in [6.45, 7) is 4.82. The third-order valence-corrected chi connectivity index (χ3v) is 13.8. The van der Waals surface area contributed by atoms with Gasteiger partial charge in [0.15, 0.2) is 0 Å². The van der Waals surface area contributed by atoms with Gasteiger partial charge in [0.2, 0.25) is 0 Å². The van der Waals surface area contributed by atoms with Gasteiger partial charge < -0.3 is 4.90 Å². The summed E-state index contributed by atoms with van der Waals surface area (Å²) >= 11 is 0. The molecule has 3 atom stereocenters. The average Bonchev–Trinajstić information content (AvgIpc) is 3.92. The Kier molecular flexibility index (Phi) is 8.16. The summed E-state index contributed by atoms with van der Waals surface area (Å²) in [5, 5.41) is 0. The fourth-order valence-electron chi connectivity index (χ4n) is 10.9. The molecule has 3 fully saturated rings. The van der Waals surface area contributed by atoms with Crippen molar-refractivity contribution in [1.82, 2.24) is 0 Å². The predicted octanol–water partition coefficient (Wildman–Crippen LogP) is 14.7. The first-order valence-electron chi connectivity index (χ1n) is 20.4. The summed E-state index contributed by atoms with van der Waals surface area (Å²) in [7, 11) is 0. The van der Waals surface area contributed by atoms with Gasteiger partial charge in [-0.25, -0.2) is 0 Å². The maximum Gasteiger partial charge on any atom is 0.0465 e. The van der Waals surface area contributed by atoms with Crippen molar-refractivity contribution in [2.45, 2.75) is 88.9 Å². The molecule has 10 rings (SSSR count). The Hall–Kier alpha value is -4.88. The second-order valence-corrected chi connectivity index (χ2v) is 17.2. The van der Waals surface area contributed by atoms with Crippen LogP contribution in [0.2, 0.25) is 0 Å². The van der Waals surface area contributed by atoms with E-state index in [1.54, 1.807) is 5.56 Å². The molecule has 6 aromatic rings. The highest BCUT2D eigenvalue weighted by Crippen LogP contribution is 2.54. The maximum atomic E-state index is 2.54. The lowest BCUT2D eigenvalue weighted by Crippen LogP contribution is -2.17. The largest absolute Gasteiger partial charge is 0.310 e. The fraction of sp³-hybridized carbons (Fsp3) is 0.308. The van der Waals surface area contributed by atoms with Crippen molar-refractivity contribution in [3.63, 3.8) is 0 Å². The molecule has 2 bridgehead atoms. The van der Waals surface area contributed by atoms with Crippen LogP contribution in [-0.2, 0) is 5.41 Å². The molecule has 0 aliphatic heterocycles. The average molecular weight is 690 g/mol. The summed E-state index contributed by atoms with van der Waals surface area (Å²) in [4.78, 5) is 2.54. The molecular weight excluding hydrogens is 639 g/mol. The molecule has 1 nitrogen and oxygen atoms in total. The predicted molar refractivity (Wildman–Crippen MR) is 224 cm³/mol. The van der Waals surface area contributed by atoms with Crippen LogP contribution in [0.3, 0.4) is 0 Å². The molecule has 0 radical (unpaired) electrons. The Morgan fingerprint density at radius 2 is 1.17 bits per heavy atom. The molecule has 0 amide bonds. The lowest BCUT2D eigenvalue weighted by molar-refractivity contribution is 0.420. The van der Waals surface area contributed by atoms with E-state index < -0.39 is 0 Å². The number of fused-ring (bicyclic) bond motifs is 5. The van der Waals surface area contributed by atoms with E-state index >= 15 is 0 Å². The van der Waals surface area contributed by atoms with Crippen LogP contribution in [0.1, 0.15) is 106 Å². The Morgan fingerprint density at radius 1 is 0.472 bits per heavy atom. The molecule has 1 heteroatoms. The highest BCUT2D eigenvalue weighted by Gasteiger charge is 2.40. The van der Waals surface area contributed by atoms with Gasteiger partial charge in [-0.2, -0.15) is 0 Å². The van der Waals surface area contributed by atoms with Gasteiger partial charge in [0.25, 0.3) is 0 Å². The quantitative estimate of drug-likeness (QED) is 0.161. The number of nitrogens with zero attached hydrogens (tertiary/aromatic N) is 1. The lowest BCUT2D eigenvalue weighted by atomic mass is 9.82. The van der Waals surface area contributed by atoms with Crippen LogP contribution >= 0.6 is 0 Å². The minimum Gasteiger partial charge on any atom is -0.310 e. The van der Waals surface area contributed by atoms with Crippen LogP contribution < -0.4 is 4.90 Å². The molecule has 0 heterocycles. The van der Waals surface area contributed by atoms with Crippen molar-refractivity contribution >= 4 is 17.1 Å². The summed E-state index contributed by atoms with van der Waals surface area (Å²) in [6.07, 6.45) is 12.4. The summed E-state index contributed by atoms with van der Waals surface area (Å²) in [5.74, 6) is 3.27. The van der Waals surface area contributed by atoms with Crippen molar-refractivity contribution in [3.8, 4) is 33.4 Å². The van der Waals surface area contributed by atoms with Crippen LogP contribution in [0.15, 0.2) is 140 Å². The van der Waals surface area contributed by atoms with Crippen molar-refractivity contribution in [2.75, 3.05) is 4.90 Å². The van der Waals surface area contributed by atoms with Crippen LogP contribution in [0.5, 0.6) is 0 Å². The summed E-state index contributed by atoms with van der Waals surface area (Å²) in [6, 6.07) is 53.4. The van der Waals surface area contributed by atoms with Gasteiger partial charge in [0, 0.05) is 22.5 Å². The third kappa shape index (κ3) is 5.84. The van der Waals surface area contributed by atoms with Crippen LogP contribution in [0, 0.1) is 11.8 Å². The number of rotatable bonds is 7. The van der Waals surface area contributed by atoms with E-state index in [1.165, 1.54) is 125 Å². The molecule has 53 heavy (non-hydrogen) atoms. The smallest absolute Gasteiger partial charge is 0.0465 e. The second-order valence-electron chi connectivity index (χ2n) is 17.2. The molecular formula is C52H51N. The van der Waals surface area contributed by atoms with E-state index in [0.29, 0.717) is 5.92 Å². The van der Waals surface area contributed by atoms with E-state index in [9.17, 15) is 0 Å². The van der Waals surface area contributed by atoms with E-state index in [1.807, 2.05) is 0 Å². The number of anilines is 3. The van der Waals surface area contributed by atoms with E-state index in [2.05, 4.69) is 158 Å². The fourth-order valence-corrected chi connectivity index (χ4v) is 10.9. The highest BCUT2D eigenvalue weighted by molar-refractivity contribution is 5.88. The highest BCUT2D eigenvalue weighted by atomic mass is 15.1. The Bertz CT molecular complexity index is 2250. The maximum absolute atomic E-state index is 2.54. The second kappa shape index (κ2) is 13.2. The molecule has 0 saturated heterocycles. The van der Waals surface area contributed by atoms with Crippen LogP contribution in [0.25, 0.3) is 33.4 Å². The van der Waals surface area contributed by atoms with Crippen LogP contribution in [-0.4, -0.2) is 0 Å². The van der Waals surface area contributed by atoms with Crippen molar-refractivity contribution in [1.29, 1.82) is 0 Å². The van der Waals surface area contributed by atoms with Gasteiger partial charge in [-0.3, -0.25) is 0 Å². The molecule has 3 unspecified atom stereocenters. The third-order valence-electron chi connectivity index (χ3n) is 13.8. The first kappa shape index (κ1) is 32.7. The molecule has 6 aromatic carbocycles. The number of benzene rings is 6.